The molecule has 4 nitrogen and oxygen atoms in total. The molecule has 118 valence electrons. The van der Waals surface area contributed by atoms with Gasteiger partial charge in [-0.3, -0.25) is 0 Å². The van der Waals surface area contributed by atoms with Gasteiger partial charge in [0.05, 0.1) is 4.90 Å². The molecule has 0 aromatic heterocycles. The maximum atomic E-state index is 12.5. The Bertz CT molecular complexity index is 598. The summed E-state index contributed by atoms with van der Waals surface area (Å²) in [5.41, 5.74) is 8.25. The van der Waals surface area contributed by atoms with Gasteiger partial charge in [0.15, 0.2) is 0 Å². The van der Waals surface area contributed by atoms with Crippen LogP contribution < -0.4 is 10.5 Å². The molecule has 3 N–H and O–H groups in total. The second-order valence-corrected chi connectivity index (χ2v) is 8.91. The zero-order chi connectivity index (χ0) is 15.7. The summed E-state index contributed by atoms with van der Waals surface area (Å²) in [5.74, 6) is 0. The lowest BCUT2D eigenvalue weighted by molar-refractivity contribution is 0.551. The van der Waals surface area contributed by atoms with Gasteiger partial charge in [-0.2, -0.15) is 11.8 Å². The first-order chi connectivity index (χ1) is 9.80. The van der Waals surface area contributed by atoms with Crippen LogP contribution in [0.15, 0.2) is 17.0 Å². The second kappa shape index (κ2) is 6.18. The van der Waals surface area contributed by atoms with Gasteiger partial charge in [-0.05, 0) is 56.2 Å². The highest BCUT2D eigenvalue weighted by atomic mass is 32.2. The molecule has 0 aliphatic heterocycles. The Morgan fingerprint density at radius 1 is 1.29 bits per heavy atom. The van der Waals surface area contributed by atoms with Crippen molar-refractivity contribution in [3.8, 4) is 0 Å². The molecule has 1 saturated carbocycles. The van der Waals surface area contributed by atoms with E-state index in [1.807, 2.05) is 13.8 Å². The van der Waals surface area contributed by atoms with Gasteiger partial charge in [-0.25, -0.2) is 13.1 Å². The van der Waals surface area contributed by atoms with Crippen LogP contribution in [0.2, 0.25) is 0 Å². The van der Waals surface area contributed by atoms with E-state index < -0.39 is 10.0 Å². The molecule has 0 radical (unpaired) electrons. The molecule has 0 unspecified atom stereocenters. The maximum absolute atomic E-state index is 12.5. The first-order valence-electron chi connectivity index (χ1n) is 7.21. The number of hydrogen-bond donors (Lipinski definition) is 2. The lowest BCUT2D eigenvalue weighted by Crippen LogP contribution is -2.38. The largest absolute Gasteiger partial charge is 0.398 e. The van der Waals surface area contributed by atoms with E-state index in [1.54, 1.807) is 23.9 Å². The first-order valence-corrected chi connectivity index (χ1v) is 9.92. The number of nitrogens with two attached hydrogens (primary N) is 1. The van der Waals surface area contributed by atoms with Gasteiger partial charge < -0.3 is 5.73 Å². The van der Waals surface area contributed by atoms with Crippen LogP contribution >= 0.6 is 11.8 Å². The summed E-state index contributed by atoms with van der Waals surface area (Å²) in [7, 11) is -3.50. The third-order valence-corrected chi connectivity index (χ3v) is 7.32. The summed E-state index contributed by atoms with van der Waals surface area (Å²) >= 11 is 1.77. The number of thioether (sulfide) groups is 1. The first kappa shape index (κ1) is 16.6. The second-order valence-electron chi connectivity index (χ2n) is 5.87. The lowest BCUT2D eigenvalue weighted by atomic mass is 10.1. The molecule has 1 aromatic carbocycles. The number of rotatable bonds is 5. The molecule has 0 saturated heterocycles. The van der Waals surface area contributed by atoms with Crippen LogP contribution in [0, 0.1) is 13.8 Å². The molecule has 1 fully saturated rings. The number of aryl methyl sites for hydroxylation is 1. The van der Waals surface area contributed by atoms with Gasteiger partial charge in [-0.15, -0.1) is 0 Å². The fourth-order valence-corrected chi connectivity index (χ4v) is 5.04. The molecule has 2 rings (SSSR count). The van der Waals surface area contributed by atoms with E-state index in [4.69, 9.17) is 5.73 Å². The van der Waals surface area contributed by atoms with Crippen molar-refractivity contribution in [2.75, 3.05) is 18.5 Å². The molecule has 1 aliphatic rings. The van der Waals surface area contributed by atoms with E-state index in [-0.39, 0.29) is 9.64 Å². The molecule has 6 heteroatoms. The van der Waals surface area contributed by atoms with E-state index in [2.05, 4.69) is 11.0 Å². The van der Waals surface area contributed by atoms with E-state index in [1.165, 1.54) is 12.8 Å². The summed E-state index contributed by atoms with van der Waals surface area (Å²) in [6.07, 6.45) is 6.57. The topological polar surface area (TPSA) is 72.2 Å². The van der Waals surface area contributed by atoms with Crippen molar-refractivity contribution in [3.05, 3.63) is 23.3 Å². The minimum atomic E-state index is -3.50. The predicted octanol–water partition coefficient (Wildman–Crippen LogP) is 2.84. The van der Waals surface area contributed by atoms with E-state index in [0.29, 0.717) is 12.2 Å². The van der Waals surface area contributed by atoms with Crippen molar-refractivity contribution in [3.63, 3.8) is 0 Å². The van der Waals surface area contributed by atoms with Gasteiger partial charge >= 0.3 is 0 Å². The van der Waals surface area contributed by atoms with Crippen LogP contribution in [0.5, 0.6) is 0 Å². The molecule has 0 bridgehead atoms. The van der Waals surface area contributed by atoms with Gasteiger partial charge in [0, 0.05) is 17.0 Å². The highest BCUT2D eigenvalue weighted by molar-refractivity contribution is 8.00. The van der Waals surface area contributed by atoms with Crippen LogP contribution in [-0.4, -0.2) is 26.0 Å². The number of sulfonamides is 1. The predicted molar refractivity (Wildman–Crippen MR) is 90.2 cm³/mol. The van der Waals surface area contributed by atoms with Crippen LogP contribution in [0.4, 0.5) is 5.69 Å². The zero-order valence-electron chi connectivity index (χ0n) is 12.9. The maximum Gasteiger partial charge on any atom is 0.240 e. The van der Waals surface area contributed by atoms with Crippen LogP contribution in [0.25, 0.3) is 0 Å². The highest BCUT2D eigenvalue weighted by Gasteiger charge is 2.34. The summed E-state index contributed by atoms with van der Waals surface area (Å²) in [4.78, 5) is 0.261. The quantitative estimate of drug-likeness (QED) is 0.815. The standard InChI is InChI=1S/C15H24N2O2S2/c1-11-8-13(9-14(16)12(11)2)21(18,19)17-10-15(20-3)6-4-5-7-15/h8-9,17H,4-7,10,16H2,1-3H3. The van der Waals surface area contributed by atoms with E-state index in [0.717, 1.165) is 24.0 Å². The molecule has 0 heterocycles. The van der Waals surface area contributed by atoms with Gasteiger partial charge in [0.25, 0.3) is 0 Å². The van der Waals surface area contributed by atoms with Crippen molar-refractivity contribution in [1.29, 1.82) is 0 Å². The molecule has 0 atom stereocenters. The third-order valence-electron chi connectivity index (χ3n) is 4.52. The molecular formula is C15H24N2O2S2. The number of anilines is 1. The Morgan fingerprint density at radius 2 is 1.90 bits per heavy atom. The highest BCUT2D eigenvalue weighted by Crippen LogP contribution is 2.39. The average Bonchev–Trinajstić information content (AvgIpc) is 2.92. The summed E-state index contributed by atoms with van der Waals surface area (Å²) < 4.78 is 27.8. The number of benzene rings is 1. The molecule has 0 amide bonds. The lowest BCUT2D eigenvalue weighted by Gasteiger charge is -2.26. The van der Waals surface area contributed by atoms with Crippen LogP contribution in [0.3, 0.4) is 0 Å². The molecule has 1 aliphatic carbocycles. The number of nitrogen functional groups attached to an aromatic ring is 1. The normalized spacial score (nSPS) is 18.0. The van der Waals surface area contributed by atoms with Crippen LogP contribution in [-0.2, 0) is 10.0 Å². The molecular weight excluding hydrogens is 304 g/mol. The van der Waals surface area contributed by atoms with Crippen molar-refractivity contribution in [1.82, 2.24) is 4.72 Å². The molecule has 0 spiro atoms. The van der Waals surface area contributed by atoms with Crippen molar-refractivity contribution >= 4 is 27.5 Å². The monoisotopic (exact) mass is 328 g/mol. The average molecular weight is 329 g/mol. The smallest absolute Gasteiger partial charge is 0.240 e. The number of hydrogen-bond acceptors (Lipinski definition) is 4. The molecule has 1 aromatic rings. The molecule has 21 heavy (non-hydrogen) atoms. The van der Waals surface area contributed by atoms with E-state index >= 15 is 0 Å². The van der Waals surface area contributed by atoms with Crippen molar-refractivity contribution in [2.24, 2.45) is 0 Å². The van der Waals surface area contributed by atoms with Gasteiger partial charge in [0.1, 0.15) is 0 Å². The Kier molecular flexibility index (Phi) is 4.90. The fourth-order valence-electron chi connectivity index (χ4n) is 2.79. The summed E-state index contributed by atoms with van der Waals surface area (Å²) in [5, 5.41) is 0. The Hall–Kier alpha value is -0.720. The Morgan fingerprint density at radius 3 is 2.43 bits per heavy atom. The van der Waals surface area contributed by atoms with Gasteiger partial charge in [0.2, 0.25) is 10.0 Å². The summed E-state index contributed by atoms with van der Waals surface area (Å²) in [6.45, 7) is 4.27. The fraction of sp³-hybridized carbons (Fsp3) is 0.600. The van der Waals surface area contributed by atoms with Gasteiger partial charge in [-0.1, -0.05) is 12.8 Å². The zero-order valence-corrected chi connectivity index (χ0v) is 14.5. The van der Waals surface area contributed by atoms with Crippen LogP contribution in [0.1, 0.15) is 36.8 Å². The summed E-state index contributed by atoms with van der Waals surface area (Å²) in [6, 6.07) is 3.24. The minimum absolute atomic E-state index is 0.0539. The Labute approximate surface area is 131 Å². The SMILES string of the molecule is CSC1(CNS(=O)(=O)c2cc(C)c(C)c(N)c2)CCCC1. The minimum Gasteiger partial charge on any atom is -0.398 e. The third kappa shape index (κ3) is 3.55. The van der Waals surface area contributed by atoms with E-state index in [9.17, 15) is 8.42 Å². The van der Waals surface area contributed by atoms with Crippen molar-refractivity contribution in [2.45, 2.75) is 49.2 Å². The van der Waals surface area contributed by atoms with Crippen molar-refractivity contribution < 1.29 is 8.42 Å². The number of nitrogens with one attached hydrogen (secondary N) is 1. The Balaban J connectivity index is 2.19.